The van der Waals surface area contributed by atoms with E-state index < -0.39 is 6.04 Å². The predicted molar refractivity (Wildman–Crippen MR) is 63.9 cm³/mol. The maximum atomic E-state index is 11.6. The molecule has 1 aliphatic rings. The molecule has 0 heterocycles. The topological polar surface area (TPSA) is 75.4 Å². The summed E-state index contributed by atoms with van der Waals surface area (Å²) in [6.07, 6.45) is 5.50. The van der Waals surface area contributed by atoms with Crippen molar-refractivity contribution in [1.29, 1.82) is 0 Å². The fourth-order valence-electron chi connectivity index (χ4n) is 2.23. The van der Waals surface area contributed by atoms with Crippen molar-refractivity contribution in [3.63, 3.8) is 0 Å². The van der Waals surface area contributed by atoms with E-state index in [0.717, 1.165) is 38.5 Å². The number of nitrogens with one attached hydrogen (secondary N) is 1. The average Bonchev–Trinajstić information content (AvgIpc) is 2.28. The molecule has 4 heteroatoms. The van der Waals surface area contributed by atoms with Gasteiger partial charge in [-0.15, -0.1) is 0 Å². The number of aliphatic hydroxyl groups excluding tert-OH is 1. The number of rotatable bonds is 5. The second-order valence-electron chi connectivity index (χ2n) is 4.75. The number of hydrogen-bond donors (Lipinski definition) is 3. The van der Waals surface area contributed by atoms with E-state index in [9.17, 15) is 9.90 Å². The summed E-state index contributed by atoms with van der Waals surface area (Å²) in [5.41, 5.74) is 5.70. The van der Waals surface area contributed by atoms with Gasteiger partial charge in [-0.1, -0.05) is 26.2 Å². The van der Waals surface area contributed by atoms with Crippen LogP contribution in [0.25, 0.3) is 0 Å². The summed E-state index contributed by atoms with van der Waals surface area (Å²) in [4.78, 5) is 11.6. The fourth-order valence-corrected chi connectivity index (χ4v) is 2.23. The van der Waals surface area contributed by atoms with Crippen LogP contribution < -0.4 is 11.1 Å². The summed E-state index contributed by atoms with van der Waals surface area (Å²) in [7, 11) is 0. The zero-order chi connectivity index (χ0) is 12.0. The van der Waals surface area contributed by atoms with Crippen molar-refractivity contribution >= 4 is 5.91 Å². The molecule has 0 aromatic rings. The number of nitrogens with two attached hydrogens (primary N) is 1. The first-order chi connectivity index (χ1) is 7.65. The standard InChI is InChI=1S/C12H24N2O2/c1-2-5-10(13)12(16)14-8-9-6-3-4-7-11(9)15/h9-11,15H,2-8,13H2,1H3,(H,14,16). The zero-order valence-electron chi connectivity index (χ0n) is 10.1. The van der Waals surface area contributed by atoms with Gasteiger partial charge in [-0.3, -0.25) is 4.79 Å². The normalized spacial score (nSPS) is 27.4. The Balaban J connectivity index is 2.24. The molecule has 16 heavy (non-hydrogen) atoms. The molecule has 0 aliphatic heterocycles. The van der Waals surface area contributed by atoms with E-state index in [1.807, 2.05) is 6.92 Å². The molecule has 4 nitrogen and oxygen atoms in total. The van der Waals surface area contributed by atoms with Crippen molar-refractivity contribution in [2.75, 3.05) is 6.54 Å². The molecular weight excluding hydrogens is 204 g/mol. The van der Waals surface area contributed by atoms with Gasteiger partial charge in [0.2, 0.25) is 5.91 Å². The molecule has 0 aromatic carbocycles. The molecule has 3 atom stereocenters. The lowest BCUT2D eigenvalue weighted by Crippen LogP contribution is -2.44. The van der Waals surface area contributed by atoms with Gasteiger partial charge in [-0.05, 0) is 19.3 Å². The van der Waals surface area contributed by atoms with Crippen LogP contribution in [-0.2, 0) is 4.79 Å². The Labute approximate surface area is 97.6 Å². The van der Waals surface area contributed by atoms with Gasteiger partial charge in [0, 0.05) is 12.5 Å². The summed E-state index contributed by atoms with van der Waals surface area (Å²) in [5, 5.41) is 12.6. The highest BCUT2D eigenvalue weighted by Crippen LogP contribution is 2.23. The minimum absolute atomic E-state index is 0.0837. The molecule has 1 fully saturated rings. The van der Waals surface area contributed by atoms with Crippen LogP contribution in [0, 0.1) is 5.92 Å². The molecule has 4 N–H and O–H groups in total. The first kappa shape index (κ1) is 13.5. The third kappa shape index (κ3) is 4.10. The molecular formula is C12H24N2O2. The largest absolute Gasteiger partial charge is 0.393 e. The Kier molecular flexibility index (Phi) is 5.77. The van der Waals surface area contributed by atoms with Crippen molar-refractivity contribution in [3.05, 3.63) is 0 Å². The second kappa shape index (κ2) is 6.86. The first-order valence-electron chi connectivity index (χ1n) is 6.36. The lowest BCUT2D eigenvalue weighted by atomic mass is 9.86. The second-order valence-corrected chi connectivity index (χ2v) is 4.75. The van der Waals surface area contributed by atoms with E-state index >= 15 is 0 Å². The molecule has 3 unspecified atom stereocenters. The van der Waals surface area contributed by atoms with E-state index in [1.165, 1.54) is 0 Å². The highest BCUT2D eigenvalue weighted by atomic mass is 16.3. The summed E-state index contributed by atoms with van der Waals surface area (Å²) >= 11 is 0. The van der Waals surface area contributed by atoms with Gasteiger partial charge >= 0.3 is 0 Å². The van der Waals surface area contributed by atoms with Crippen molar-refractivity contribution < 1.29 is 9.90 Å². The fraction of sp³-hybridized carbons (Fsp3) is 0.917. The molecule has 0 bridgehead atoms. The molecule has 0 saturated heterocycles. The van der Waals surface area contributed by atoms with E-state index in [2.05, 4.69) is 5.32 Å². The van der Waals surface area contributed by atoms with Crippen LogP contribution in [-0.4, -0.2) is 29.7 Å². The minimum Gasteiger partial charge on any atom is -0.393 e. The molecule has 1 amide bonds. The van der Waals surface area contributed by atoms with Gasteiger partial charge in [0.1, 0.15) is 0 Å². The number of aliphatic hydroxyl groups is 1. The van der Waals surface area contributed by atoms with Crippen molar-refractivity contribution in [3.8, 4) is 0 Å². The van der Waals surface area contributed by atoms with Crippen LogP contribution in [0.4, 0.5) is 0 Å². The zero-order valence-corrected chi connectivity index (χ0v) is 10.1. The van der Waals surface area contributed by atoms with Gasteiger partial charge in [0.05, 0.1) is 12.1 Å². The number of carbonyl (C=O) groups excluding carboxylic acids is 1. The lowest BCUT2D eigenvalue weighted by Gasteiger charge is -2.28. The number of hydrogen-bond acceptors (Lipinski definition) is 3. The minimum atomic E-state index is -0.397. The monoisotopic (exact) mass is 228 g/mol. The van der Waals surface area contributed by atoms with E-state index in [0.29, 0.717) is 6.54 Å². The van der Waals surface area contributed by atoms with Crippen LogP contribution in [0.3, 0.4) is 0 Å². The van der Waals surface area contributed by atoms with Crippen molar-refractivity contribution in [2.24, 2.45) is 11.7 Å². The lowest BCUT2D eigenvalue weighted by molar-refractivity contribution is -0.122. The number of carbonyl (C=O) groups is 1. The molecule has 1 aliphatic carbocycles. The predicted octanol–water partition coefficient (Wildman–Crippen LogP) is 0.781. The molecule has 0 radical (unpaired) electrons. The Morgan fingerprint density at radius 2 is 2.19 bits per heavy atom. The van der Waals surface area contributed by atoms with Gasteiger partial charge in [0.25, 0.3) is 0 Å². The van der Waals surface area contributed by atoms with Crippen LogP contribution in [0.15, 0.2) is 0 Å². The van der Waals surface area contributed by atoms with Crippen LogP contribution in [0.2, 0.25) is 0 Å². The first-order valence-corrected chi connectivity index (χ1v) is 6.36. The van der Waals surface area contributed by atoms with Gasteiger partial charge in [-0.25, -0.2) is 0 Å². The number of amides is 1. The third-order valence-corrected chi connectivity index (χ3v) is 3.34. The Bertz CT molecular complexity index is 221. The quantitative estimate of drug-likeness (QED) is 0.651. The average molecular weight is 228 g/mol. The maximum Gasteiger partial charge on any atom is 0.236 e. The maximum absolute atomic E-state index is 11.6. The summed E-state index contributed by atoms with van der Waals surface area (Å²) in [5.74, 6) is 0.131. The Hall–Kier alpha value is -0.610. The molecule has 0 spiro atoms. The SMILES string of the molecule is CCCC(N)C(=O)NCC1CCCCC1O. The highest BCUT2D eigenvalue weighted by Gasteiger charge is 2.23. The van der Waals surface area contributed by atoms with Crippen molar-refractivity contribution in [2.45, 2.75) is 57.6 Å². The van der Waals surface area contributed by atoms with Crippen LogP contribution >= 0.6 is 0 Å². The Morgan fingerprint density at radius 1 is 1.50 bits per heavy atom. The molecule has 1 saturated carbocycles. The highest BCUT2D eigenvalue weighted by molar-refractivity contribution is 5.81. The van der Waals surface area contributed by atoms with Crippen LogP contribution in [0.5, 0.6) is 0 Å². The summed E-state index contributed by atoms with van der Waals surface area (Å²) < 4.78 is 0. The molecule has 0 aromatic heterocycles. The Morgan fingerprint density at radius 3 is 2.81 bits per heavy atom. The molecule has 1 rings (SSSR count). The summed E-state index contributed by atoms with van der Waals surface area (Å²) in [6, 6.07) is -0.397. The smallest absolute Gasteiger partial charge is 0.236 e. The van der Waals surface area contributed by atoms with Gasteiger partial charge < -0.3 is 16.2 Å². The van der Waals surface area contributed by atoms with Crippen LogP contribution in [0.1, 0.15) is 45.4 Å². The van der Waals surface area contributed by atoms with Gasteiger partial charge in [-0.2, -0.15) is 0 Å². The summed E-state index contributed by atoms with van der Waals surface area (Å²) in [6.45, 7) is 2.58. The molecule has 94 valence electrons. The van der Waals surface area contributed by atoms with E-state index in [1.54, 1.807) is 0 Å². The van der Waals surface area contributed by atoms with E-state index in [4.69, 9.17) is 5.73 Å². The van der Waals surface area contributed by atoms with Crippen molar-refractivity contribution in [1.82, 2.24) is 5.32 Å². The van der Waals surface area contributed by atoms with E-state index in [-0.39, 0.29) is 17.9 Å². The third-order valence-electron chi connectivity index (χ3n) is 3.34. The van der Waals surface area contributed by atoms with Gasteiger partial charge in [0.15, 0.2) is 0 Å².